The second-order valence-electron chi connectivity index (χ2n) is 13.8. The number of nitrogens with one attached hydrogen (secondary N) is 1. The highest BCUT2D eigenvalue weighted by atomic mass is 16.5. The second kappa shape index (κ2) is 10.9. The Labute approximate surface area is 291 Å². The molecule has 0 fully saturated rings. The second-order valence-corrected chi connectivity index (χ2v) is 13.8. The van der Waals surface area contributed by atoms with Gasteiger partial charge in [-0.2, -0.15) is 0 Å². The number of nitrogens with zero attached hydrogens (tertiary/aromatic N) is 1. The van der Waals surface area contributed by atoms with Crippen molar-refractivity contribution in [1.29, 1.82) is 0 Å². The molecule has 4 nitrogen and oxygen atoms in total. The van der Waals surface area contributed by atoms with Crippen LogP contribution >= 0.6 is 0 Å². The minimum Gasteiger partial charge on any atom is -0.464 e. The van der Waals surface area contributed by atoms with E-state index < -0.39 is 0 Å². The molecule has 0 spiro atoms. The highest BCUT2D eigenvalue weighted by Crippen LogP contribution is 2.52. The molecule has 2 aliphatic rings. The van der Waals surface area contributed by atoms with E-state index in [1.807, 2.05) is 24.3 Å². The van der Waals surface area contributed by atoms with Gasteiger partial charge in [0, 0.05) is 44.8 Å². The summed E-state index contributed by atoms with van der Waals surface area (Å²) in [5, 5.41) is 5.68. The van der Waals surface area contributed by atoms with Crippen LogP contribution in [0, 0.1) is 0 Å². The first-order valence-electron chi connectivity index (χ1n) is 17.2. The van der Waals surface area contributed by atoms with Gasteiger partial charge in [-0.3, -0.25) is 0 Å². The van der Waals surface area contributed by atoms with Crippen molar-refractivity contribution in [2.45, 2.75) is 25.5 Å². The van der Waals surface area contributed by atoms with E-state index in [2.05, 4.69) is 158 Å². The number of fused-ring (bicyclic) bond motifs is 7. The summed E-state index contributed by atoms with van der Waals surface area (Å²) < 4.78 is 12.8. The zero-order valence-electron chi connectivity index (χ0n) is 27.9. The molecule has 0 radical (unpaired) electrons. The first-order valence-corrected chi connectivity index (χ1v) is 17.2. The lowest BCUT2D eigenvalue weighted by molar-refractivity contribution is 0.260. The number of furan rings is 1. The third kappa shape index (κ3) is 4.38. The van der Waals surface area contributed by atoms with Crippen molar-refractivity contribution < 1.29 is 9.15 Å². The van der Waals surface area contributed by atoms with Gasteiger partial charge < -0.3 is 19.4 Å². The number of ether oxygens (including phenoxy) is 1. The van der Waals surface area contributed by atoms with E-state index in [1.54, 1.807) is 0 Å². The van der Waals surface area contributed by atoms with Gasteiger partial charge in [-0.25, -0.2) is 0 Å². The molecule has 50 heavy (non-hydrogen) atoms. The Bertz CT molecular complexity index is 2590. The van der Waals surface area contributed by atoms with E-state index in [0.29, 0.717) is 0 Å². The molecule has 8 aromatic rings. The molecule has 4 heteroatoms. The highest BCUT2D eigenvalue weighted by Gasteiger charge is 2.35. The molecule has 10 rings (SSSR count). The smallest absolute Gasteiger partial charge is 0.196 e. The van der Waals surface area contributed by atoms with Gasteiger partial charge in [0.15, 0.2) is 6.23 Å². The number of para-hydroxylation sites is 1. The van der Waals surface area contributed by atoms with E-state index >= 15 is 0 Å². The highest BCUT2D eigenvalue weighted by molar-refractivity contribution is 6.09. The molecular weight excluding hydrogens is 613 g/mol. The molecule has 0 bridgehead atoms. The van der Waals surface area contributed by atoms with Crippen LogP contribution in [0.5, 0.6) is 5.75 Å². The summed E-state index contributed by atoms with van der Waals surface area (Å²) in [6.45, 7) is 4.66. The summed E-state index contributed by atoms with van der Waals surface area (Å²) in [6.07, 6.45) is -0.237. The van der Waals surface area contributed by atoms with E-state index in [1.165, 1.54) is 27.8 Å². The molecule has 2 heterocycles. The molecule has 1 unspecified atom stereocenters. The Morgan fingerprint density at radius 2 is 1.22 bits per heavy atom. The standard InChI is InChI=1S/C46H34N2O2/c1-46(2)38-19-11-9-18-34(38)35-25-31(21-23-39(35)46)48(41-20-12-10-17-33(41)29-13-5-3-6-14-29)32-22-24-42-36(26-32)37-27-40-44(28-43(37)49-42)50-45(47-40)30-15-7-4-8-16-30/h3-28,45,47H,1-2H3. The molecular formula is C46H34N2O2. The predicted molar refractivity (Wildman–Crippen MR) is 205 cm³/mol. The van der Waals surface area contributed by atoms with E-state index in [0.717, 1.165) is 61.6 Å². The normalized spacial score (nSPS) is 15.3. The molecule has 1 atom stereocenters. The molecule has 1 aromatic heterocycles. The maximum absolute atomic E-state index is 6.45. The van der Waals surface area contributed by atoms with Crippen LogP contribution in [0.1, 0.15) is 36.8 Å². The van der Waals surface area contributed by atoms with Crippen LogP contribution in [0.4, 0.5) is 22.7 Å². The summed E-state index contributed by atoms with van der Waals surface area (Å²) in [5.74, 6) is 0.797. The van der Waals surface area contributed by atoms with Crippen molar-refractivity contribution >= 4 is 44.7 Å². The lowest BCUT2D eigenvalue weighted by Gasteiger charge is -2.29. The molecule has 0 saturated heterocycles. The lowest BCUT2D eigenvalue weighted by atomic mass is 9.82. The van der Waals surface area contributed by atoms with Gasteiger partial charge in [0.2, 0.25) is 0 Å². The van der Waals surface area contributed by atoms with Gasteiger partial charge in [-0.05, 0) is 70.3 Å². The van der Waals surface area contributed by atoms with Crippen LogP contribution < -0.4 is 15.0 Å². The van der Waals surface area contributed by atoms with Crippen molar-refractivity contribution in [3.63, 3.8) is 0 Å². The van der Waals surface area contributed by atoms with Gasteiger partial charge in [0.1, 0.15) is 16.9 Å². The van der Waals surface area contributed by atoms with Crippen LogP contribution in [0.3, 0.4) is 0 Å². The van der Waals surface area contributed by atoms with Crippen molar-refractivity contribution in [3.05, 3.63) is 174 Å². The van der Waals surface area contributed by atoms with Gasteiger partial charge in [0.25, 0.3) is 0 Å². The van der Waals surface area contributed by atoms with Crippen molar-refractivity contribution in [2.24, 2.45) is 0 Å². The lowest BCUT2D eigenvalue weighted by Crippen LogP contribution is -2.15. The maximum atomic E-state index is 6.45. The van der Waals surface area contributed by atoms with Crippen molar-refractivity contribution in [3.8, 4) is 28.0 Å². The largest absolute Gasteiger partial charge is 0.464 e. The Morgan fingerprint density at radius 3 is 2.06 bits per heavy atom. The summed E-state index contributed by atoms with van der Waals surface area (Å²) in [5.41, 5.74) is 14.5. The minimum atomic E-state index is -0.237. The zero-order valence-corrected chi connectivity index (χ0v) is 27.9. The number of benzene rings is 7. The fourth-order valence-electron chi connectivity index (χ4n) is 8.02. The Hall–Kier alpha value is -6.26. The SMILES string of the molecule is CC1(C)c2ccccc2-c2cc(N(c3ccc4oc5cc6c(cc5c4c3)NC(c3ccccc3)O6)c3ccccc3-c3ccccc3)ccc21. The van der Waals surface area contributed by atoms with Gasteiger partial charge in [0.05, 0.1) is 11.4 Å². The summed E-state index contributed by atoms with van der Waals surface area (Å²) in [6, 6.07) is 56.1. The van der Waals surface area contributed by atoms with Gasteiger partial charge >= 0.3 is 0 Å². The Balaban J connectivity index is 1.15. The Kier molecular flexibility index (Phi) is 6.25. The number of anilines is 4. The zero-order chi connectivity index (χ0) is 33.4. The number of hydrogen-bond acceptors (Lipinski definition) is 4. The summed E-state index contributed by atoms with van der Waals surface area (Å²) in [4.78, 5) is 2.40. The van der Waals surface area contributed by atoms with E-state index in [4.69, 9.17) is 9.15 Å². The average Bonchev–Trinajstić information content (AvgIpc) is 3.81. The van der Waals surface area contributed by atoms with Crippen LogP contribution in [-0.2, 0) is 5.41 Å². The topological polar surface area (TPSA) is 37.6 Å². The fraction of sp³-hybridized carbons (Fsp3) is 0.0870. The van der Waals surface area contributed by atoms with Crippen LogP contribution in [0.15, 0.2) is 162 Å². The molecule has 240 valence electrons. The maximum Gasteiger partial charge on any atom is 0.196 e. The molecule has 1 aliphatic heterocycles. The number of rotatable bonds is 5. The van der Waals surface area contributed by atoms with Gasteiger partial charge in [-0.15, -0.1) is 0 Å². The van der Waals surface area contributed by atoms with Crippen LogP contribution in [0.25, 0.3) is 44.2 Å². The first kappa shape index (κ1) is 28.7. The van der Waals surface area contributed by atoms with Crippen molar-refractivity contribution in [1.82, 2.24) is 0 Å². The molecule has 0 amide bonds. The third-order valence-corrected chi connectivity index (χ3v) is 10.5. The molecule has 1 N–H and O–H groups in total. The predicted octanol–water partition coefficient (Wildman–Crippen LogP) is 12.5. The van der Waals surface area contributed by atoms with Gasteiger partial charge in [-0.1, -0.05) is 123 Å². The fourth-order valence-corrected chi connectivity index (χ4v) is 8.02. The summed E-state index contributed by atoms with van der Waals surface area (Å²) in [7, 11) is 0. The quantitative estimate of drug-likeness (QED) is 0.202. The third-order valence-electron chi connectivity index (χ3n) is 10.5. The Morgan fingerprint density at radius 1 is 0.560 bits per heavy atom. The number of hydrogen-bond donors (Lipinski definition) is 1. The van der Waals surface area contributed by atoms with E-state index in [9.17, 15) is 0 Å². The molecule has 7 aromatic carbocycles. The van der Waals surface area contributed by atoms with Crippen molar-refractivity contribution in [2.75, 3.05) is 10.2 Å². The monoisotopic (exact) mass is 646 g/mol. The van der Waals surface area contributed by atoms with Crippen LogP contribution in [0.2, 0.25) is 0 Å². The molecule has 1 aliphatic carbocycles. The minimum absolute atomic E-state index is 0.0661. The molecule has 0 saturated carbocycles. The first-order chi connectivity index (χ1) is 24.5. The van der Waals surface area contributed by atoms with E-state index in [-0.39, 0.29) is 11.6 Å². The van der Waals surface area contributed by atoms with Crippen LogP contribution in [-0.4, -0.2) is 0 Å². The average molecular weight is 647 g/mol. The summed E-state index contributed by atoms with van der Waals surface area (Å²) >= 11 is 0.